The third-order valence-electron chi connectivity index (χ3n) is 11.8. The summed E-state index contributed by atoms with van der Waals surface area (Å²) in [5.74, 6) is 0. The van der Waals surface area contributed by atoms with Gasteiger partial charge in [-0.3, -0.25) is 0 Å². The van der Waals surface area contributed by atoms with Crippen LogP contribution in [-0.4, -0.2) is 21.4 Å². The minimum Gasteiger partial charge on any atom is -0.309 e. The maximum absolute atomic E-state index is 2.90. The van der Waals surface area contributed by atoms with E-state index in [-0.39, 0.29) is 0 Å². The van der Waals surface area contributed by atoms with Gasteiger partial charge in [0.25, 0.3) is 0 Å². The monoisotopic (exact) mass is 788 g/mol. The molecule has 11 rings (SSSR count). The predicted molar refractivity (Wildman–Crippen MR) is 255 cm³/mol. The van der Waals surface area contributed by atoms with Crippen LogP contribution in [0.15, 0.2) is 231 Å². The lowest BCUT2D eigenvalue weighted by Crippen LogP contribution is -2.74. The summed E-state index contributed by atoms with van der Waals surface area (Å²) < 4.78 is 5.12. The number of aromatic nitrogens is 1. The van der Waals surface area contributed by atoms with E-state index in [4.69, 9.17) is 0 Å². The summed E-state index contributed by atoms with van der Waals surface area (Å²) in [6.07, 6.45) is 0. The highest BCUT2D eigenvalue weighted by molar-refractivity contribution is 7.26. The van der Waals surface area contributed by atoms with Gasteiger partial charge in [0.15, 0.2) is 16.9 Å². The van der Waals surface area contributed by atoms with Gasteiger partial charge in [0, 0.05) is 36.6 Å². The number of nitrogens with zero attached hydrogens (tertiary/aromatic N) is 1. The van der Waals surface area contributed by atoms with E-state index in [1.165, 1.54) is 84.0 Å². The van der Waals surface area contributed by atoms with E-state index in [1.807, 2.05) is 11.3 Å². The third-order valence-corrected chi connectivity index (χ3v) is 20.5. The number of benzene rings is 9. The molecule has 11 aromatic rings. The lowest BCUT2D eigenvalue weighted by Gasteiger charge is -2.35. The number of rotatable bonds is 8. The Morgan fingerprint density at radius 2 is 0.793 bits per heavy atom. The van der Waals surface area contributed by atoms with Gasteiger partial charge in [0.1, 0.15) is 0 Å². The first-order valence-electron chi connectivity index (χ1n) is 19.9. The highest BCUT2D eigenvalue weighted by atomic mass is 32.1. The van der Waals surface area contributed by atoms with E-state index in [0.29, 0.717) is 0 Å². The smallest absolute Gasteiger partial charge is 0.179 e. The van der Waals surface area contributed by atoms with Crippen LogP contribution in [0.1, 0.15) is 0 Å². The van der Waals surface area contributed by atoms with Crippen molar-refractivity contribution in [2.45, 2.75) is 0 Å². The molecule has 2 heterocycles. The molecule has 0 N–H and O–H groups in total. The number of para-hydroxylation sites is 2. The molecule has 58 heavy (non-hydrogen) atoms. The maximum atomic E-state index is 2.56. The minimum atomic E-state index is -2.90. The molecule has 0 aliphatic rings. The zero-order valence-electron chi connectivity index (χ0n) is 31.8. The molecular weight excluding hydrogens is 751 g/mol. The van der Waals surface area contributed by atoms with Crippen LogP contribution in [-0.2, 0) is 0 Å². The van der Waals surface area contributed by atoms with Crippen molar-refractivity contribution in [2.75, 3.05) is 0 Å². The molecule has 4 heteroatoms. The Balaban J connectivity index is 1.17. The lowest BCUT2D eigenvalue weighted by atomic mass is 10.1. The molecule has 2 aromatic heterocycles. The van der Waals surface area contributed by atoms with Crippen LogP contribution in [0.2, 0.25) is 0 Å². The summed E-state index contributed by atoms with van der Waals surface area (Å²) in [6.45, 7) is 0. The maximum Gasteiger partial charge on any atom is 0.179 e. The molecular formula is C54H38NSSi2. The molecule has 273 valence electrons. The molecule has 0 fully saturated rings. The largest absolute Gasteiger partial charge is 0.309 e. The zero-order valence-corrected chi connectivity index (χ0v) is 34.6. The molecule has 0 saturated carbocycles. The second kappa shape index (κ2) is 14.4. The molecule has 0 saturated heterocycles. The van der Waals surface area contributed by atoms with Gasteiger partial charge in [0.05, 0.1) is 11.0 Å². The average Bonchev–Trinajstić information content (AvgIpc) is 3.84. The Bertz CT molecular complexity index is 3100. The van der Waals surface area contributed by atoms with Gasteiger partial charge in [0.2, 0.25) is 0 Å². The Morgan fingerprint density at radius 3 is 1.38 bits per heavy atom. The molecule has 0 bridgehead atoms. The molecule has 0 atom stereocenters. The quantitative estimate of drug-likeness (QED) is 0.107. The van der Waals surface area contributed by atoms with E-state index in [9.17, 15) is 0 Å². The van der Waals surface area contributed by atoms with E-state index in [0.717, 1.165) is 0 Å². The van der Waals surface area contributed by atoms with Crippen LogP contribution in [0.25, 0.3) is 47.7 Å². The molecule has 0 aliphatic heterocycles. The van der Waals surface area contributed by atoms with Gasteiger partial charge >= 0.3 is 0 Å². The van der Waals surface area contributed by atoms with Crippen molar-refractivity contribution in [3.63, 3.8) is 0 Å². The molecule has 1 radical (unpaired) electrons. The summed E-state index contributed by atoms with van der Waals surface area (Å²) in [5.41, 5.74) is 3.63. The van der Waals surface area contributed by atoms with Crippen molar-refractivity contribution in [3.8, 4) is 5.69 Å². The van der Waals surface area contributed by atoms with Gasteiger partial charge in [-0.05, 0) is 62.3 Å². The van der Waals surface area contributed by atoms with Crippen LogP contribution in [0.3, 0.4) is 0 Å². The van der Waals surface area contributed by atoms with Crippen molar-refractivity contribution in [2.24, 2.45) is 0 Å². The minimum absolute atomic E-state index is 1.18. The van der Waals surface area contributed by atoms with Crippen LogP contribution in [0.5, 0.6) is 0 Å². The third kappa shape index (κ3) is 5.64. The fraction of sp³-hybridized carbons (Fsp3) is 0. The van der Waals surface area contributed by atoms with E-state index in [1.54, 1.807) is 0 Å². The molecule has 0 unspecified atom stereocenters. The summed E-state index contributed by atoms with van der Waals surface area (Å²) in [5, 5.41) is 14.9. The first-order chi connectivity index (χ1) is 28.8. The standard InChI is InChI=1S/C54H38NSSi2/c1-5-19-40(20-6-1)57(41-21-7-2-8-22-41)42-32-34-53-49(37-42)50-38-46(33-35-54(50)56-53)58(43-23-9-3-10-24-43,44-25-11-4-12-26-44)45-27-17-18-39(36-45)55-51-30-15-13-28-47(51)48-29-14-16-31-52(48)55/h1-38H. The van der Waals surface area contributed by atoms with Gasteiger partial charge in [-0.25, -0.2) is 0 Å². The van der Waals surface area contributed by atoms with Crippen LogP contribution in [0, 0.1) is 0 Å². The highest BCUT2D eigenvalue weighted by Gasteiger charge is 2.42. The Hall–Kier alpha value is -6.57. The van der Waals surface area contributed by atoms with E-state index in [2.05, 4.69) is 235 Å². The predicted octanol–water partition coefficient (Wildman–Crippen LogP) is 9.05. The summed E-state index contributed by atoms with van der Waals surface area (Å²) >= 11 is 1.91. The zero-order chi connectivity index (χ0) is 38.5. The van der Waals surface area contributed by atoms with Crippen molar-refractivity contribution < 1.29 is 0 Å². The normalized spacial score (nSPS) is 11.9. The Morgan fingerprint density at radius 1 is 0.328 bits per heavy atom. The van der Waals surface area contributed by atoms with Crippen molar-refractivity contribution in [1.82, 2.24) is 4.57 Å². The van der Waals surface area contributed by atoms with Crippen LogP contribution in [0.4, 0.5) is 0 Å². The average molecular weight is 789 g/mol. The van der Waals surface area contributed by atoms with Gasteiger partial charge in [-0.2, -0.15) is 0 Å². The summed E-state index contributed by atoms with van der Waals surface area (Å²) in [6, 6.07) is 86.6. The molecule has 0 amide bonds. The number of fused-ring (bicyclic) bond motifs is 6. The number of thiophene rings is 1. The highest BCUT2D eigenvalue weighted by Crippen LogP contribution is 2.34. The van der Waals surface area contributed by atoms with Crippen LogP contribution < -0.4 is 36.3 Å². The topological polar surface area (TPSA) is 4.93 Å². The van der Waals surface area contributed by atoms with Gasteiger partial charge < -0.3 is 4.57 Å². The van der Waals surface area contributed by atoms with Gasteiger partial charge in [-0.15, -0.1) is 11.3 Å². The first kappa shape index (κ1) is 34.7. The summed E-state index contributed by atoms with van der Waals surface area (Å²) in [4.78, 5) is 0. The fourth-order valence-corrected chi connectivity index (χ4v) is 17.8. The van der Waals surface area contributed by atoms with E-state index < -0.39 is 16.9 Å². The van der Waals surface area contributed by atoms with Crippen molar-refractivity contribution in [1.29, 1.82) is 0 Å². The van der Waals surface area contributed by atoms with Crippen LogP contribution >= 0.6 is 11.3 Å². The second-order valence-electron chi connectivity index (χ2n) is 15.0. The van der Waals surface area contributed by atoms with Crippen molar-refractivity contribution in [3.05, 3.63) is 231 Å². The van der Waals surface area contributed by atoms with Gasteiger partial charge in [-0.1, -0.05) is 204 Å². The summed E-state index contributed by atoms with van der Waals surface area (Å²) in [7, 11) is -4.13. The fourth-order valence-electron chi connectivity index (χ4n) is 9.33. The molecule has 0 spiro atoms. The first-order valence-corrected chi connectivity index (χ1v) is 24.2. The lowest BCUT2D eigenvalue weighted by molar-refractivity contribution is 1.18. The Kier molecular flexibility index (Phi) is 8.62. The molecule has 1 nitrogen and oxygen atoms in total. The van der Waals surface area contributed by atoms with E-state index >= 15 is 0 Å². The Labute approximate surface area is 345 Å². The molecule has 0 aliphatic carbocycles. The molecule has 9 aromatic carbocycles. The number of hydrogen-bond acceptors (Lipinski definition) is 1. The SMILES string of the molecule is c1ccc([Si](c2ccccc2)c2ccc3sc4ccc([Si](c5ccccc5)(c5ccccc5)c5cccc(-n6c7ccccc7c7ccccc76)c5)cc4c3c2)cc1. The second-order valence-corrected chi connectivity index (χ2v) is 22.4. The number of hydrogen-bond donors (Lipinski definition) is 0. The van der Waals surface area contributed by atoms with Crippen molar-refractivity contribution >= 4 is 106 Å².